The van der Waals surface area contributed by atoms with Crippen LogP contribution in [0.5, 0.6) is 0 Å². The van der Waals surface area contributed by atoms with E-state index in [2.05, 4.69) is 15.3 Å². The van der Waals surface area contributed by atoms with E-state index in [1.54, 1.807) is 23.0 Å². The summed E-state index contributed by atoms with van der Waals surface area (Å²) in [5.41, 5.74) is 2.73. The lowest BCUT2D eigenvalue weighted by atomic mass is 10.1. The molecule has 138 valence electrons. The van der Waals surface area contributed by atoms with Crippen molar-refractivity contribution >= 4 is 34.7 Å². The van der Waals surface area contributed by atoms with Crippen LogP contribution in [0.15, 0.2) is 48.8 Å². The van der Waals surface area contributed by atoms with Gasteiger partial charge in [0.25, 0.3) is 5.91 Å². The number of thiophene rings is 1. The molecule has 0 spiro atoms. The fourth-order valence-electron chi connectivity index (χ4n) is 2.79. The summed E-state index contributed by atoms with van der Waals surface area (Å²) in [6.45, 7) is 2.32. The number of nitrogens with one attached hydrogen (secondary N) is 2. The van der Waals surface area contributed by atoms with E-state index in [1.807, 2.05) is 30.5 Å². The number of amidine groups is 1. The van der Waals surface area contributed by atoms with Crippen molar-refractivity contribution in [2.45, 2.75) is 13.0 Å². The maximum atomic E-state index is 12.1. The highest BCUT2D eigenvalue weighted by atomic mass is 35.5. The highest BCUT2D eigenvalue weighted by Crippen LogP contribution is 2.21. The number of benzene rings is 1. The number of likely N-dealkylation sites (tertiary alicyclic amines) is 1. The maximum Gasteiger partial charge on any atom is 0.261 e. The molecule has 0 aliphatic carbocycles. The van der Waals surface area contributed by atoms with E-state index < -0.39 is 0 Å². The van der Waals surface area contributed by atoms with Gasteiger partial charge in [0.1, 0.15) is 5.84 Å². The minimum Gasteiger partial charge on any atom is -0.356 e. The first kappa shape index (κ1) is 17.8. The van der Waals surface area contributed by atoms with Gasteiger partial charge in [0, 0.05) is 37.0 Å². The van der Waals surface area contributed by atoms with E-state index in [1.165, 1.54) is 11.3 Å². The minimum atomic E-state index is -0.145. The zero-order chi connectivity index (χ0) is 18.8. The second-order valence-corrected chi connectivity index (χ2v) is 8.03. The minimum absolute atomic E-state index is 0.145. The summed E-state index contributed by atoms with van der Waals surface area (Å²) in [6, 6.07) is 11.2. The second-order valence-electron chi connectivity index (χ2n) is 6.32. The van der Waals surface area contributed by atoms with Gasteiger partial charge in [-0.05, 0) is 42.8 Å². The molecule has 27 heavy (non-hydrogen) atoms. The van der Waals surface area contributed by atoms with E-state index in [-0.39, 0.29) is 5.91 Å². The topological polar surface area (TPSA) is 74.0 Å². The lowest BCUT2D eigenvalue weighted by molar-refractivity contribution is 0.0955. The molecule has 0 saturated carbocycles. The van der Waals surface area contributed by atoms with Crippen LogP contribution >= 0.6 is 22.9 Å². The van der Waals surface area contributed by atoms with Crippen LogP contribution in [-0.4, -0.2) is 39.5 Å². The fourth-order valence-corrected chi connectivity index (χ4v) is 3.75. The number of nitrogens with zero attached hydrogens (tertiary/aromatic N) is 3. The number of amides is 1. The zero-order valence-corrected chi connectivity index (χ0v) is 16.1. The third kappa shape index (κ3) is 3.89. The molecule has 3 aromatic rings. The molecule has 0 atom stereocenters. The molecule has 6 nitrogen and oxygen atoms in total. The third-order valence-electron chi connectivity index (χ3n) is 4.46. The summed E-state index contributed by atoms with van der Waals surface area (Å²) >= 11 is 7.12. The van der Waals surface area contributed by atoms with Gasteiger partial charge in [-0.1, -0.05) is 11.6 Å². The van der Waals surface area contributed by atoms with Gasteiger partial charge in [-0.25, -0.2) is 4.68 Å². The van der Waals surface area contributed by atoms with Crippen molar-refractivity contribution < 1.29 is 4.79 Å². The first-order valence-corrected chi connectivity index (χ1v) is 9.81. The molecule has 0 unspecified atom stereocenters. The fraction of sp³-hybridized carbons (Fsp3) is 0.211. The Kier molecular flexibility index (Phi) is 4.96. The molecule has 1 aromatic carbocycles. The molecule has 2 aromatic heterocycles. The van der Waals surface area contributed by atoms with Crippen LogP contribution in [-0.2, 0) is 6.54 Å². The van der Waals surface area contributed by atoms with E-state index >= 15 is 0 Å². The number of carbonyl (C=O) groups is 1. The summed E-state index contributed by atoms with van der Waals surface area (Å²) in [6.07, 6.45) is 4.78. The molecule has 0 radical (unpaired) electrons. The number of carbonyl (C=O) groups excluding carboxylic acids is 1. The molecule has 1 saturated heterocycles. The van der Waals surface area contributed by atoms with Gasteiger partial charge >= 0.3 is 0 Å². The van der Waals surface area contributed by atoms with Crippen LogP contribution in [0.25, 0.3) is 5.69 Å². The van der Waals surface area contributed by atoms with Crippen LogP contribution in [0, 0.1) is 5.41 Å². The Labute approximate surface area is 165 Å². The highest BCUT2D eigenvalue weighted by molar-refractivity contribution is 7.17. The Hall–Kier alpha value is -2.64. The molecule has 8 heteroatoms. The van der Waals surface area contributed by atoms with Gasteiger partial charge in [-0.2, -0.15) is 5.10 Å². The summed E-state index contributed by atoms with van der Waals surface area (Å²) in [4.78, 5) is 14.7. The Morgan fingerprint density at radius 3 is 2.63 bits per heavy atom. The number of halogens is 1. The molecule has 3 heterocycles. The highest BCUT2D eigenvalue weighted by Gasteiger charge is 2.18. The molecule has 1 amide bonds. The van der Waals surface area contributed by atoms with Crippen LogP contribution in [0.1, 0.15) is 27.2 Å². The normalized spacial score (nSPS) is 13.3. The molecular formula is C19H18ClN5OS. The monoisotopic (exact) mass is 399 g/mol. The van der Waals surface area contributed by atoms with Crippen molar-refractivity contribution in [1.82, 2.24) is 20.0 Å². The standard InChI is InChI=1S/C19H18ClN5OS/c20-17-7-6-16(27-17)19(26)22-10-13-11-23-25(12-13)15-4-2-14(3-5-15)18(21)24-8-1-9-24/h2-7,11-12,21H,1,8-10H2,(H,22,26). The van der Waals surface area contributed by atoms with Gasteiger partial charge in [0.15, 0.2) is 0 Å². The Bertz CT molecular complexity index is 974. The van der Waals surface area contributed by atoms with Crippen LogP contribution in [0.3, 0.4) is 0 Å². The Morgan fingerprint density at radius 1 is 1.22 bits per heavy atom. The van der Waals surface area contributed by atoms with Crippen molar-refractivity contribution in [3.63, 3.8) is 0 Å². The summed E-state index contributed by atoms with van der Waals surface area (Å²) in [7, 11) is 0. The van der Waals surface area contributed by atoms with Gasteiger partial charge in [-0.15, -0.1) is 11.3 Å². The quantitative estimate of drug-likeness (QED) is 0.509. The second kappa shape index (κ2) is 7.54. The number of hydrogen-bond donors (Lipinski definition) is 2. The number of aromatic nitrogens is 2. The molecule has 0 bridgehead atoms. The summed E-state index contributed by atoms with van der Waals surface area (Å²) in [5, 5.41) is 15.4. The third-order valence-corrected chi connectivity index (χ3v) is 5.69. The predicted molar refractivity (Wildman–Crippen MR) is 107 cm³/mol. The summed E-state index contributed by atoms with van der Waals surface area (Å²) in [5.74, 6) is 0.429. The molecule has 1 aliphatic heterocycles. The molecule has 4 rings (SSSR count). The Morgan fingerprint density at radius 2 is 2.00 bits per heavy atom. The Balaban J connectivity index is 1.38. The van der Waals surface area contributed by atoms with Crippen molar-refractivity contribution in [3.8, 4) is 5.69 Å². The largest absolute Gasteiger partial charge is 0.356 e. The van der Waals surface area contributed by atoms with E-state index in [0.717, 1.165) is 36.3 Å². The smallest absolute Gasteiger partial charge is 0.261 e. The first-order chi connectivity index (χ1) is 13.1. The van der Waals surface area contributed by atoms with E-state index in [0.29, 0.717) is 21.6 Å². The van der Waals surface area contributed by atoms with Crippen LogP contribution < -0.4 is 5.32 Å². The number of rotatable bonds is 5. The van der Waals surface area contributed by atoms with Gasteiger partial charge in [0.05, 0.1) is 21.1 Å². The van der Waals surface area contributed by atoms with Crippen molar-refractivity contribution in [2.24, 2.45) is 0 Å². The van der Waals surface area contributed by atoms with E-state index in [9.17, 15) is 4.79 Å². The van der Waals surface area contributed by atoms with Gasteiger partial charge < -0.3 is 10.2 Å². The van der Waals surface area contributed by atoms with E-state index in [4.69, 9.17) is 17.0 Å². The molecule has 1 aliphatic rings. The van der Waals surface area contributed by atoms with Gasteiger partial charge in [0.2, 0.25) is 0 Å². The predicted octanol–water partition coefficient (Wildman–Crippen LogP) is 3.55. The maximum absolute atomic E-state index is 12.1. The lowest BCUT2D eigenvalue weighted by Crippen LogP contribution is -2.42. The SMILES string of the molecule is N=C(c1ccc(-n2cc(CNC(=O)c3ccc(Cl)s3)cn2)cc1)N1CCC1. The molecule has 1 fully saturated rings. The van der Waals surface area contributed by atoms with Crippen molar-refractivity contribution in [1.29, 1.82) is 5.41 Å². The lowest BCUT2D eigenvalue weighted by Gasteiger charge is -2.33. The summed E-state index contributed by atoms with van der Waals surface area (Å²) < 4.78 is 2.36. The average molecular weight is 400 g/mol. The molecule has 2 N–H and O–H groups in total. The zero-order valence-electron chi connectivity index (χ0n) is 14.5. The number of hydrogen-bond acceptors (Lipinski definition) is 4. The first-order valence-electron chi connectivity index (χ1n) is 8.61. The van der Waals surface area contributed by atoms with Crippen LogP contribution in [0.2, 0.25) is 4.34 Å². The molecular weight excluding hydrogens is 382 g/mol. The van der Waals surface area contributed by atoms with Crippen LogP contribution in [0.4, 0.5) is 0 Å². The van der Waals surface area contributed by atoms with Crippen molar-refractivity contribution in [3.05, 3.63) is 69.1 Å². The van der Waals surface area contributed by atoms with Gasteiger partial charge in [-0.3, -0.25) is 10.2 Å². The average Bonchev–Trinajstić information content (AvgIpc) is 3.27. The van der Waals surface area contributed by atoms with Crippen molar-refractivity contribution in [2.75, 3.05) is 13.1 Å².